The summed E-state index contributed by atoms with van der Waals surface area (Å²) in [5, 5.41) is 11.1. The quantitative estimate of drug-likeness (QED) is 0.504. The Morgan fingerprint density at radius 1 is 1.55 bits per heavy atom. The standard InChI is InChI=1S/C13H19N3O3S/c1-16(4-2-3-5-16)7-8-6-9(13(18)19)15-11(17)10(14)12(15)20-8/h6,8,10,12H,2-5,7,14H2,1H3/t8?,10?,12-/m1/s1. The van der Waals surface area contributed by atoms with Crippen LogP contribution in [0, 0.1) is 0 Å². The van der Waals surface area contributed by atoms with Gasteiger partial charge in [-0.05, 0) is 6.08 Å². The Hall–Kier alpha value is -1.05. The number of carbonyl (C=O) groups is 2. The summed E-state index contributed by atoms with van der Waals surface area (Å²) < 4.78 is 0.963. The van der Waals surface area contributed by atoms with E-state index in [0.29, 0.717) is 0 Å². The fourth-order valence-corrected chi connectivity index (χ4v) is 4.98. The lowest BCUT2D eigenvalue weighted by molar-refractivity contribution is -0.896. The minimum atomic E-state index is -1.29. The number of aliphatic carboxylic acids is 1. The maximum absolute atomic E-state index is 11.7. The summed E-state index contributed by atoms with van der Waals surface area (Å²) in [7, 11) is 2.21. The number of hydrogen-bond donors (Lipinski definition) is 1. The number of β-lactam (4-membered cyclic amide) rings is 1. The molecule has 0 bridgehead atoms. The number of nitrogens with two attached hydrogens (primary N) is 1. The second-order valence-corrected chi connectivity index (χ2v) is 7.46. The van der Waals surface area contributed by atoms with Crippen molar-refractivity contribution in [3.8, 4) is 0 Å². The molecular weight excluding hydrogens is 278 g/mol. The molecule has 3 rings (SSSR count). The van der Waals surface area contributed by atoms with Crippen LogP contribution in [0.5, 0.6) is 0 Å². The molecule has 6 nitrogen and oxygen atoms in total. The molecule has 3 aliphatic heterocycles. The zero-order valence-corrected chi connectivity index (χ0v) is 12.3. The Kier molecular flexibility index (Phi) is 3.30. The van der Waals surface area contributed by atoms with Gasteiger partial charge in [0.15, 0.2) is 0 Å². The van der Waals surface area contributed by atoms with Gasteiger partial charge in [0.2, 0.25) is 5.91 Å². The van der Waals surface area contributed by atoms with Crippen molar-refractivity contribution in [2.75, 3.05) is 26.7 Å². The van der Waals surface area contributed by atoms with Crippen molar-refractivity contribution < 1.29 is 19.2 Å². The highest BCUT2D eigenvalue weighted by Crippen LogP contribution is 2.40. The molecule has 2 N–H and O–H groups in total. The van der Waals surface area contributed by atoms with Gasteiger partial charge in [-0.2, -0.15) is 0 Å². The van der Waals surface area contributed by atoms with Gasteiger partial charge in [-0.25, -0.2) is 0 Å². The third-order valence-electron chi connectivity index (χ3n) is 4.48. The monoisotopic (exact) mass is 297 g/mol. The molecule has 110 valence electrons. The van der Waals surface area contributed by atoms with E-state index in [1.807, 2.05) is 0 Å². The lowest BCUT2D eigenvalue weighted by Gasteiger charge is -2.50. The SMILES string of the molecule is C[N+]1(CC2C=C(C(=O)[O-])N3C(=O)C(N)[C@H]3S2)CCCC1. The Morgan fingerprint density at radius 2 is 2.20 bits per heavy atom. The van der Waals surface area contributed by atoms with Crippen molar-refractivity contribution in [3.63, 3.8) is 0 Å². The van der Waals surface area contributed by atoms with Gasteiger partial charge in [0.1, 0.15) is 11.4 Å². The topological polar surface area (TPSA) is 86.5 Å². The van der Waals surface area contributed by atoms with Gasteiger partial charge in [0, 0.05) is 12.8 Å². The fourth-order valence-electron chi connectivity index (χ4n) is 3.34. The van der Waals surface area contributed by atoms with Crippen molar-refractivity contribution in [3.05, 3.63) is 11.8 Å². The normalized spacial score (nSPS) is 35.3. The molecule has 0 aromatic heterocycles. The van der Waals surface area contributed by atoms with Crippen LogP contribution in [-0.4, -0.2) is 64.6 Å². The number of carbonyl (C=O) groups excluding carboxylic acids is 2. The number of fused-ring (bicyclic) bond motifs is 1. The largest absolute Gasteiger partial charge is 0.543 e. The first-order chi connectivity index (χ1) is 9.41. The van der Waals surface area contributed by atoms with E-state index in [0.717, 1.165) is 24.1 Å². The molecule has 1 amide bonds. The average molecular weight is 297 g/mol. The third kappa shape index (κ3) is 2.13. The number of quaternary nitrogens is 1. The first kappa shape index (κ1) is 13.9. The van der Waals surface area contributed by atoms with Crippen LogP contribution < -0.4 is 10.8 Å². The van der Waals surface area contributed by atoms with Crippen LogP contribution in [0.2, 0.25) is 0 Å². The lowest BCUT2D eigenvalue weighted by atomic mass is 10.1. The van der Waals surface area contributed by atoms with Crippen LogP contribution in [0.25, 0.3) is 0 Å². The molecule has 2 saturated heterocycles. The number of likely N-dealkylation sites (tertiary alicyclic amines) is 1. The smallest absolute Gasteiger partial charge is 0.248 e. The molecule has 0 spiro atoms. The van der Waals surface area contributed by atoms with Crippen LogP contribution in [0.15, 0.2) is 11.8 Å². The van der Waals surface area contributed by atoms with Gasteiger partial charge in [0.05, 0.1) is 43.6 Å². The maximum atomic E-state index is 11.7. The fraction of sp³-hybridized carbons (Fsp3) is 0.692. The van der Waals surface area contributed by atoms with Crippen molar-refractivity contribution in [1.82, 2.24) is 4.90 Å². The van der Waals surface area contributed by atoms with Crippen LogP contribution in [0.3, 0.4) is 0 Å². The molecule has 7 heteroatoms. The highest BCUT2D eigenvalue weighted by molar-refractivity contribution is 8.00. The molecule has 0 aliphatic carbocycles. The molecule has 0 aromatic carbocycles. The summed E-state index contributed by atoms with van der Waals surface area (Å²) in [6.45, 7) is 3.14. The van der Waals surface area contributed by atoms with E-state index in [1.165, 1.54) is 17.7 Å². The molecule has 2 fully saturated rings. The zero-order valence-electron chi connectivity index (χ0n) is 11.4. The molecule has 0 saturated carbocycles. The summed E-state index contributed by atoms with van der Waals surface area (Å²) in [6, 6.07) is -0.588. The van der Waals surface area contributed by atoms with E-state index in [4.69, 9.17) is 5.73 Å². The van der Waals surface area contributed by atoms with Crippen molar-refractivity contribution in [1.29, 1.82) is 0 Å². The summed E-state index contributed by atoms with van der Waals surface area (Å²) in [6.07, 6.45) is 4.11. The van der Waals surface area contributed by atoms with Crippen molar-refractivity contribution >= 4 is 23.6 Å². The molecule has 3 aliphatic rings. The maximum Gasteiger partial charge on any atom is 0.248 e. The van der Waals surface area contributed by atoms with Crippen molar-refractivity contribution in [2.45, 2.75) is 29.5 Å². The van der Waals surface area contributed by atoms with Crippen LogP contribution in [-0.2, 0) is 9.59 Å². The van der Waals surface area contributed by atoms with Gasteiger partial charge in [-0.1, -0.05) is 0 Å². The highest BCUT2D eigenvalue weighted by atomic mass is 32.2. The van der Waals surface area contributed by atoms with Crippen molar-refractivity contribution in [2.24, 2.45) is 5.73 Å². The number of amides is 1. The number of rotatable bonds is 3. The van der Waals surface area contributed by atoms with Crippen LogP contribution in [0.1, 0.15) is 12.8 Å². The van der Waals surface area contributed by atoms with Gasteiger partial charge in [-0.15, -0.1) is 11.8 Å². The molecule has 3 heterocycles. The minimum Gasteiger partial charge on any atom is -0.543 e. The number of thioether (sulfide) groups is 1. The number of carboxylic acids is 1. The first-order valence-electron chi connectivity index (χ1n) is 6.92. The first-order valence-corrected chi connectivity index (χ1v) is 7.86. The summed E-state index contributed by atoms with van der Waals surface area (Å²) in [5.41, 5.74) is 5.78. The third-order valence-corrected chi connectivity index (χ3v) is 5.90. The molecule has 3 atom stereocenters. The van der Waals surface area contributed by atoms with E-state index in [9.17, 15) is 14.7 Å². The Morgan fingerprint density at radius 3 is 2.80 bits per heavy atom. The lowest BCUT2D eigenvalue weighted by Crippen LogP contribution is -2.69. The summed E-state index contributed by atoms with van der Waals surface area (Å²) >= 11 is 1.60. The number of hydrogen-bond acceptors (Lipinski definition) is 5. The van der Waals surface area contributed by atoms with Gasteiger partial charge < -0.3 is 20.1 Å². The predicted octanol–water partition coefficient (Wildman–Crippen LogP) is -1.53. The van der Waals surface area contributed by atoms with Gasteiger partial charge in [-0.3, -0.25) is 9.69 Å². The second-order valence-electron chi connectivity index (χ2n) is 6.09. The predicted molar refractivity (Wildman–Crippen MR) is 73.1 cm³/mol. The zero-order chi connectivity index (χ0) is 14.5. The van der Waals surface area contributed by atoms with Gasteiger partial charge >= 0.3 is 0 Å². The molecular formula is C13H19N3O3S. The minimum absolute atomic E-state index is 0.00348. The molecule has 2 unspecified atom stereocenters. The summed E-state index contributed by atoms with van der Waals surface area (Å²) in [4.78, 5) is 24.2. The summed E-state index contributed by atoms with van der Waals surface area (Å²) in [5.74, 6) is -1.61. The average Bonchev–Trinajstić information content (AvgIpc) is 2.83. The molecule has 20 heavy (non-hydrogen) atoms. The van der Waals surface area contributed by atoms with E-state index in [1.54, 1.807) is 17.8 Å². The number of nitrogens with zero attached hydrogens (tertiary/aromatic N) is 2. The van der Waals surface area contributed by atoms with Gasteiger partial charge in [0.25, 0.3) is 0 Å². The Bertz CT molecular complexity index is 487. The highest BCUT2D eigenvalue weighted by Gasteiger charge is 2.51. The van der Waals surface area contributed by atoms with E-state index < -0.39 is 12.0 Å². The Labute approximate surface area is 122 Å². The van der Waals surface area contributed by atoms with Crippen LogP contribution >= 0.6 is 11.8 Å². The second kappa shape index (κ2) is 4.75. The molecule has 0 radical (unpaired) electrons. The Balaban J connectivity index is 1.80. The molecule has 0 aromatic rings. The van der Waals surface area contributed by atoms with E-state index in [-0.39, 0.29) is 22.2 Å². The number of carboxylic acid groups (broad SMARTS) is 1. The van der Waals surface area contributed by atoms with E-state index in [2.05, 4.69) is 7.05 Å². The van der Waals surface area contributed by atoms with Crippen LogP contribution in [0.4, 0.5) is 0 Å². The van der Waals surface area contributed by atoms with E-state index >= 15 is 0 Å².